The zero-order valence-electron chi connectivity index (χ0n) is 6.90. The van der Waals surface area contributed by atoms with Crippen LogP contribution in [0.15, 0.2) is 11.1 Å². The number of nitrogens with one attached hydrogen (secondary N) is 1. The lowest BCUT2D eigenvalue weighted by Gasteiger charge is -2.04. The quantitative estimate of drug-likeness (QED) is 0.694. The zero-order valence-corrected chi connectivity index (χ0v) is 7.72. The number of anilines is 1. The fourth-order valence-electron chi connectivity index (χ4n) is 0.766. The molecule has 0 aliphatic rings. The van der Waals surface area contributed by atoms with E-state index >= 15 is 0 Å². The molecule has 0 radical (unpaired) electrons. The third kappa shape index (κ3) is 1.29. The highest BCUT2D eigenvalue weighted by molar-refractivity contribution is 7.92. The van der Waals surface area contributed by atoms with Crippen LogP contribution in [0.1, 0.15) is 13.8 Å². The van der Waals surface area contributed by atoms with Gasteiger partial charge in [-0.05, 0) is 13.8 Å². The first-order chi connectivity index (χ1) is 5.46. The van der Waals surface area contributed by atoms with E-state index in [1.807, 2.05) is 0 Å². The number of hydrogen-bond acceptors (Lipinski definition) is 4. The van der Waals surface area contributed by atoms with Gasteiger partial charge in [0.15, 0.2) is 9.84 Å². The SMILES string of the molecule is CC(C)S(=O)(=O)c1cn[nH]c1N. The summed E-state index contributed by atoms with van der Waals surface area (Å²) in [4.78, 5) is 0.0810. The molecule has 6 heteroatoms. The first-order valence-corrected chi connectivity index (χ1v) is 5.03. The van der Waals surface area contributed by atoms with E-state index in [-0.39, 0.29) is 10.7 Å². The van der Waals surface area contributed by atoms with Gasteiger partial charge in [0.1, 0.15) is 10.7 Å². The lowest BCUT2D eigenvalue weighted by atomic mass is 10.6. The summed E-state index contributed by atoms with van der Waals surface area (Å²) >= 11 is 0. The summed E-state index contributed by atoms with van der Waals surface area (Å²) in [6, 6.07) is 0. The van der Waals surface area contributed by atoms with Crippen LogP contribution >= 0.6 is 0 Å². The van der Waals surface area contributed by atoms with Gasteiger partial charge < -0.3 is 5.73 Å². The molecular weight excluding hydrogens is 178 g/mol. The smallest absolute Gasteiger partial charge is 0.185 e. The summed E-state index contributed by atoms with van der Waals surface area (Å²) in [5.74, 6) is 0.101. The Hall–Kier alpha value is -1.04. The standard InChI is InChI=1S/C6H11N3O2S/c1-4(2)12(10,11)5-3-8-9-6(5)7/h3-4H,1-2H3,(H3,7,8,9). The van der Waals surface area contributed by atoms with Gasteiger partial charge in [0, 0.05) is 0 Å². The normalized spacial score (nSPS) is 12.2. The van der Waals surface area contributed by atoms with Crippen molar-refractivity contribution in [3.05, 3.63) is 6.20 Å². The van der Waals surface area contributed by atoms with Crippen molar-refractivity contribution < 1.29 is 8.42 Å². The van der Waals surface area contributed by atoms with Crippen molar-refractivity contribution >= 4 is 15.7 Å². The molecule has 1 aromatic heterocycles. The summed E-state index contributed by atoms with van der Waals surface area (Å²) < 4.78 is 22.9. The van der Waals surface area contributed by atoms with Crippen molar-refractivity contribution in [3.8, 4) is 0 Å². The minimum atomic E-state index is -3.28. The fourth-order valence-corrected chi connectivity index (χ4v) is 1.83. The van der Waals surface area contributed by atoms with Crippen LogP contribution in [0.3, 0.4) is 0 Å². The van der Waals surface area contributed by atoms with Gasteiger partial charge in [0.25, 0.3) is 0 Å². The zero-order chi connectivity index (χ0) is 9.35. The number of H-pyrrole nitrogens is 1. The van der Waals surface area contributed by atoms with Crippen molar-refractivity contribution in [2.24, 2.45) is 0 Å². The summed E-state index contributed by atoms with van der Waals surface area (Å²) in [7, 11) is -3.28. The first kappa shape index (κ1) is 9.05. The molecule has 0 aliphatic heterocycles. The third-order valence-electron chi connectivity index (χ3n) is 1.56. The van der Waals surface area contributed by atoms with Gasteiger partial charge in [0.05, 0.1) is 11.4 Å². The largest absolute Gasteiger partial charge is 0.383 e. The second kappa shape index (κ2) is 2.78. The highest BCUT2D eigenvalue weighted by atomic mass is 32.2. The van der Waals surface area contributed by atoms with E-state index in [1.165, 1.54) is 6.20 Å². The van der Waals surface area contributed by atoms with Crippen molar-refractivity contribution in [1.29, 1.82) is 0 Å². The monoisotopic (exact) mass is 189 g/mol. The van der Waals surface area contributed by atoms with Crippen molar-refractivity contribution in [2.75, 3.05) is 5.73 Å². The average molecular weight is 189 g/mol. The maximum atomic E-state index is 11.5. The molecule has 1 aromatic rings. The van der Waals surface area contributed by atoms with Crippen LogP contribution in [0.5, 0.6) is 0 Å². The van der Waals surface area contributed by atoms with E-state index in [1.54, 1.807) is 13.8 Å². The molecular formula is C6H11N3O2S. The van der Waals surface area contributed by atoms with E-state index in [0.29, 0.717) is 0 Å². The molecule has 5 nitrogen and oxygen atoms in total. The Morgan fingerprint density at radius 3 is 2.50 bits per heavy atom. The maximum Gasteiger partial charge on any atom is 0.185 e. The summed E-state index contributed by atoms with van der Waals surface area (Å²) in [6.45, 7) is 3.20. The Morgan fingerprint density at radius 1 is 1.58 bits per heavy atom. The van der Waals surface area contributed by atoms with Gasteiger partial charge in [-0.3, -0.25) is 5.10 Å². The molecule has 0 bridgehead atoms. The number of aromatic amines is 1. The second-order valence-electron chi connectivity index (χ2n) is 2.74. The lowest BCUT2D eigenvalue weighted by Crippen LogP contribution is -2.14. The second-order valence-corrected chi connectivity index (χ2v) is 5.21. The molecule has 68 valence electrons. The van der Waals surface area contributed by atoms with Gasteiger partial charge in [0.2, 0.25) is 0 Å². The van der Waals surface area contributed by atoms with Crippen LogP contribution in [-0.2, 0) is 9.84 Å². The van der Waals surface area contributed by atoms with E-state index in [9.17, 15) is 8.42 Å². The van der Waals surface area contributed by atoms with Gasteiger partial charge >= 0.3 is 0 Å². The molecule has 1 rings (SSSR count). The fraction of sp³-hybridized carbons (Fsp3) is 0.500. The van der Waals surface area contributed by atoms with Crippen LogP contribution < -0.4 is 5.73 Å². The Labute approximate surface area is 70.9 Å². The maximum absolute atomic E-state index is 11.5. The Balaban J connectivity index is 3.24. The minimum absolute atomic E-state index is 0.0810. The molecule has 1 heterocycles. The van der Waals surface area contributed by atoms with Crippen LogP contribution in [0.25, 0.3) is 0 Å². The van der Waals surface area contributed by atoms with Crippen LogP contribution in [0, 0.1) is 0 Å². The molecule has 0 saturated heterocycles. The number of nitrogens with two attached hydrogens (primary N) is 1. The number of aromatic nitrogens is 2. The predicted octanol–water partition coefficient (Wildman–Crippen LogP) is 0.174. The van der Waals surface area contributed by atoms with E-state index in [0.717, 1.165) is 0 Å². The van der Waals surface area contributed by atoms with Gasteiger partial charge in [-0.1, -0.05) is 0 Å². The molecule has 0 amide bonds. The molecule has 0 saturated carbocycles. The number of nitrogens with zero attached hydrogens (tertiary/aromatic N) is 1. The molecule has 0 atom stereocenters. The summed E-state index contributed by atoms with van der Waals surface area (Å²) in [5, 5.41) is 5.44. The molecule has 0 fully saturated rings. The lowest BCUT2D eigenvalue weighted by molar-refractivity contribution is 0.588. The Kier molecular flexibility index (Phi) is 2.10. The topological polar surface area (TPSA) is 88.8 Å². The van der Waals surface area contributed by atoms with Crippen LogP contribution in [-0.4, -0.2) is 23.9 Å². The molecule has 0 aromatic carbocycles. The third-order valence-corrected chi connectivity index (χ3v) is 3.74. The van der Waals surface area contributed by atoms with Crippen LogP contribution in [0.2, 0.25) is 0 Å². The van der Waals surface area contributed by atoms with E-state index < -0.39 is 15.1 Å². The van der Waals surface area contributed by atoms with Gasteiger partial charge in [-0.25, -0.2) is 8.42 Å². The molecule has 0 spiro atoms. The highest BCUT2D eigenvalue weighted by Gasteiger charge is 2.22. The van der Waals surface area contributed by atoms with Crippen LogP contribution in [0.4, 0.5) is 5.82 Å². The number of rotatable bonds is 2. The molecule has 0 aliphatic carbocycles. The van der Waals surface area contributed by atoms with Crippen molar-refractivity contribution in [2.45, 2.75) is 24.0 Å². The van der Waals surface area contributed by atoms with Crippen molar-refractivity contribution in [3.63, 3.8) is 0 Å². The highest BCUT2D eigenvalue weighted by Crippen LogP contribution is 2.19. The Morgan fingerprint density at radius 2 is 2.17 bits per heavy atom. The summed E-state index contributed by atoms with van der Waals surface area (Å²) in [5.41, 5.74) is 5.37. The number of sulfone groups is 1. The van der Waals surface area contributed by atoms with E-state index in [4.69, 9.17) is 5.73 Å². The number of hydrogen-bond donors (Lipinski definition) is 2. The van der Waals surface area contributed by atoms with Gasteiger partial charge in [-0.15, -0.1) is 0 Å². The predicted molar refractivity (Wildman–Crippen MR) is 45.3 cm³/mol. The average Bonchev–Trinajstić information content (AvgIpc) is 2.35. The first-order valence-electron chi connectivity index (χ1n) is 3.49. The Bertz CT molecular complexity index is 366. The van der Waals surface area contributed by atoms with E-state index in [2.05, 4.69) is 10.2 Å². The van der Waals surface area contributed by atoms with Crippen molar-refractivity contribution in [1.82, 2.24) is 10.2 Å². The minimum Gasteiger partial charge on any atom is -0.383 e. The number of nitrogen functional groups attached to an aromatic ring is 1. The molecule has 12 heavy (non-hydrogen) atoms. The molecule has 3 N–H and O–H groups in total. The van der Waals surface area contributed by atoms with Gasteiger partial charge in [-0.2, -0.15) is 5.10 Å². The summed E-state index contributed by atoms with van der Waals surface area (Å²) in [6.07, 6.45) is 1.23. The molecule has 0 unspecified atom stereocenters.